The van der Waals surface area contributed by atoms with Crippen molar-refractivity contribution in [2.45, 2.75) is 49.9 Å². The van der Waals surface area contributed by atoms with E-state index in [0.717, 1.165) is 10.9 Å². The molecule has 13 heteroatoms. The molecular formula is C28H33N5O7S. The molecule has 0 saturated heterocycles. The second-order valence-corrected chi connectivity index (χ2v) is 9.86. The molecule has 0 fully saturated rings. The number of para-hydroxylation sites is 1. The summed E-state index contributed by atoms with van der Waals surface area (Å²) in [6.45, 7) is 0. The van der Waals surface area contributed by atoms with E-state index in [4.69, 9.17) is 10.8 Å². The third kappa shape index (κ3) is 9.08. The Hall–Kier alpha value is -4.36. The van der Waals surface area contributed by atoms with Crippen LogP contribution in [0.4, 0.5) is 0 Å². The van der Waals surface area contributed by atoms with Gasteiger partial charge in [0, 0.05) is 42.1 Å². The average Bonchev–Trinajstić information content (AvgIpc) is 3.36. The Labute approximate surface area is 241 Å². The monoisotopic (exact) mass is 583 g/mol. The number of carbonyl (C=O) groups is 5. The molecule has 41 heavy (non-hydrogen) atoms. The van der Waals surface area contributed by atoms with Crippen LogP contribution >= 0.6 is 12.6 Å². The van der Waals surface area contributed by atoms with Crippen LogP contribution in [0.25, 0.3) is 10.9 Å². The van der Waals surface area contributed by atoms with Crippen molar-refractivity contribution in [1.82, 2.24) is 20.9 Å². The van der Waals surface area contributed by atoms with Crippen LogP contribution < -0.4 is 21.7 Å². The number of nitrogens with two attached hydrogens (primary N) is 1. The van der Waals surface area contributed by atoms with Crippen LogP contribution in [0.5, 0.6) is 0 Å². The minimum atomic E-state index is -1.28. The van der Waals surface area contributed by atoms with Crippen molar-refractivity contribution in [3.8, 4) is 0 Å². The van der Waals surface area contributed by atoms with E-state index in [1.54, 1.807) is 36.5 Å². The molecule has 0 aliphatic heterocycles. The maximum absolute atomic E-state index is 13.6. The first-order chi connectivity index (χ1) is 19.6. The van der Waals surface area contributed by atoms with Gasteiger partial charge in [-0.05, 0) is 23.6 Å². The number of carboxylic acid groups (broad SMARTS) is 2. The topological polar surface area (TPSA) is 204 Å². The highest BCUT2D eigenvalue weighted by molar-refractivity contribution is 7.80. The van der Waals surface area contributed by atoms with Crippen LogP contribution in [0.15, 0.2) is 60.8 Å². The van der Waals surface area contributed by atoms with Gasteiger partial charge in [0.15, 0.2) is 0 Å². The van der Waals surface area contributed by atoms with E-state index in [1.165, 1.54) is 0 Å². The van der Waals surface area contributed by atoms with Crippen molar-refractivity contribution in [2.24, 2.45) is 5.73 Å². The lowest BCUT2D eigenvalue weighted by atomic mass is 10.0. The van der Waals surface area contributed by atoms with Gasteiger partial charge in [-0.25, -0.2) is 4.79 Å². The smallest absolute Gasteiger partial charge is 0.327 e. The summed E-state index contributed by atoms with van der Waals surface area (Å²) in [5, 5.41) is 26.8. The average molecular weight is 584 g/mol. The molecule has 0 spiro atoms. The molecule has 1 aromatic heterocycles. The van der Waals surface area contributed by atoms with E-state index >= 15 is 0 Å². The molecular weight excluding hydrogens is 550 g/mol. The van der Waals surface area contributed by atoms with Crippen molar-refractivity contribution in [2.75, 3.05) is 5.75 Å². The number of aliphatic carboxylic acids is 2. The zero-order valence-corrected chi connectivity index (χ0v) is 23.0. The van der Waals surface area contributed by atoms with E-state index in [1.807, 2.05) is 24.3 Å². The Bertz CT molecular complexity index is 1380. The van der Waals surface area contributed by atoms with Gasteiger partial charge in [0.2, 0.25) is 17.7 Å². The third-order valence-electron chi connectivity index (χ3n) is 6.45. The highest BCUT2D eigenvalue weighted by atomic mass is 32.1. The number of aromatic nitrogens is 1. The number of carbonyl (C=O) groups excluding carboxylic acids is 3. The van der Waals surface area contributed by atoms with E-state index < -0.39 is 53.8 Å². The molecule has 3 aromatic rings. The molecule has 0 radical (unpaired) electrons. The van der Waals surface area contributed by atoms with E-state index in [-0.39, 0.29) is 31.4 Å². The van der Waals surface area contributed by atoms with Crippen LogP contribution in [0.3, 0.4) is 0 Å². The molecule has 3 amide bonds. The first kappa shape index (κ1) is 31.2. The molecule has 1 heterocycles. The van der Waals surface area contributed by atoms with Gasteiger partial charge >= 0.3 is 11.9 Å². The number of nitrogens with one attached hydrogen (secondary N) is 4. The maximum atomic E-state index is 13.6. The van der Waals surface area contributed by atoms with Crippen LogP contribution in [0, 0.1) is 0 Å². The first-order valence-corrected chi connectivity index (χ1v) is 13.5. The molecule has 218 valence electrons. The van der Waals surface area contributed by atoms with E-state index in [9.17, 15) is 29.1 Å². The number of H-pyrrole nitrogens is 1. The largest absolute Gasteiger partial charge is 0.481 e. The zero-order chi connectivity index (χ0) is 29.9. The summed E-state index contributed by atoms with van der Waals surface area (Å²) in [7, 11) is 0. The summed E-state index contributed by atoms with van der Waals surface area (Å²) < 4.78 is 0. The molecule has 12 nitrogen and oxygen atoms in total. The van der Waals surface area contributed by atoms with Crippen molar-refractivity contribution >= 4 is 53.2 Å². The van der Waals surface area contributed by atoms with Crippen molar-refractivity contribution < 1.29 is 34.2 Å². The van der Waals surface area contributed by atoms with Gasteiger partial charge in [0.05, 0.1) is 6.04 Å². The second kappa shape index (κ2) is 14.9. The van der Waals surface area contributed by atoms with Crippen molar-refractivity contribution in [3.63, 3.8) is 0 Å². The number of hydrogen-bond acceptors (Lipinski definition) is 7. The molecule has 0 aliphatic rings. The Kier molecular flexibility index (Phi) is 11.3. The van der Waals surface area contributed by atoms with Crippen molar-refractivity contribution in [3.05, 3.63) is 71.9 Å². The SMILES string of the molecule is NC(CCC(=O)O)C(=O)NC(Cc1c[nH]c2ccccc12)C(=O)NC(Cc1ccccc1)C(=O)NC(CS)C(=O)O. The maximum Gasteiger partial charge on any atom is 0.327 e. The molecule has 0 saturated carbocycles. The lowest BCUT2D eigenvalue weighted by molar-refractivity contribution is -0.141. The Morgan fingerprint density at radius 2 is 1.39 bits per heavy atom. The summed E-state index contributed by atoms with van der Waals surface area (Å²) in [5.74, 6) is -4.73. The Balaban J connectivity index is 1.87. The van der Waals surface area contributed by atoms with Gasteiger partial charge in [-0.2, -0.15) is 12.6 Å². The van der Waals surface area contributed by atoms with Gasteiger partial charge in [0.1, 0.15) is 18.1 Å². The number of benzene rings is 2. The summed E-state index contributed by atoms with van der Waals surface area (Å²) >= 11 is 3.98. The normalized spacial score (nSPS) is 13.9. The number of fused-ring (bicyclic) bond motifs is 1. The van der Waals surface area contributed by atoms with Gasteiger partial charge < -0.3 is 36.9 Å². The number of amides is 3. The Morgan fingerprint density at radius 1 is 0.805 bits per heavy atom. The predicted molar refractivity (Wildman–Crippen MR) is 154 cm³/mol. The van der Waals surface area contributed by atoms with E-state index in [2.05, 4.69) is 33.6 Å². The molecule has 4 unspecified atom stereocenters. The lowest BCUT2D eigenvalue weighted by Gasteiger charge is -2.25. The van der Waals surface area contributed by atoms with E-state index in [0.29, 0.717) is 11.1 Å². The van der Waals surface area contributed by atoms with Gasteiger partial charge in [-0.15, -0.1) is 0 Å². The highest BCUT2D eigenvalue weighted by Crippen LogP contribution is 2.19. The Morgan fingerprint density at radius 3 is 2.02 bits per heavy atom. The minimum Gasteiger partial charge on any atom is -0.481 e. The number of thiol groups is 1. The van der Waals surface area contributed by atoms with Gasteiger partial charge in [-0.1, -0.05) is 48.5 Å². The molecule has 4 atom stereocenters. The number of aromatic amines is 1. The van der Waals surface area contributed by atoms with Crippen LogP contribution in [-0.4, -0.2) is 74.8 Å². The predicted octanol–water partition coefficient (Wildman–Crippen LogP) is 0.614. The molecule has 2 aromatic carbocycles. The van der Waals surface area contributed by atoms with Crippen LogP contribution in [0.2, 0.25) is 0 Å². The summed E-state index contributed by atoms with van der Waals surface area (Å²) in [5.41, 5.74) is 8.13. The third-order valence-corrected chi connectivity index (χ3v) is 6.82. The molecule has 3 rings (SSSR count). The fourth-order valence-electron chi connectivity index (χ4n) is 4.21. The summed E-state index contributed by atoms with van der Waals surface area (Å²) in [6, 6.07) is 11.4. The lowest BCUT2D eigenvalue weighted by Crippen LogP contribution is -2.58. The van der Waals surface area contributed by atoms with Crippen LogP contribution in [-0.2, 0) is 36.8 Å². The number of carboxylic acids is 2. The van der Waals surface area contributed by atoms with Gasteiger partial charge in [0.25, 0.3) is 0 Å². The zero-order valence-electron chi connectivity index (χ0n) is 22.1. The van der Waals surface area contributed by atoms with Crippen molar-refractivity contribution in [1.29, 1.82) is 0 Å². The van der Waals surface area contributed by atoms with Gasteiger partial charge in [-0.3, -0.25) is 19.2 Å². The standard InChI is InChI=1S/C28H33N5O7S/c29-19(10-11-24(34)35)25(36)31-22(13-17-14-30-20-9-5-4-8-18(17)20)27(38)32-21(12-16-6-2-1-3-7-16)26(37)33-23(15-41)28(39)40/h1-9,14,19,21-23,30,41H,10-13,15,29H2,(H,31,36)(H,32,38)(H,33,37)(H,34,35)(H,39,40). The summed E-state index contributed by atoms with van der Waals surface area (Å²) in [6.07, 6.45) is 1.31. The fourth-order valence-corrected chi connectivity index (χ4v) is 4.46. The number of hydrogen-bond donors (Lipinski definition) is 8. The first-order valence-electron chi connectivity index (χ1n) is 12.9. The van der Waals surface area contributed by atoms with Crippen LogP contribution in [0.1, 0.15) is 24.0 Å². The minimum absolute atomic E-state index is 0.0291. The quantitative estimate of drug-likeness (QED) is 0.119. The molecule has 0 aliphatic carbocycles. The molecule has 8 N–H and O–H groups in total. The number of rotatable bonds is 15. The second-order valence-electron chi connectivity index (χ2n) is 9.50. The fraction of sp³-hybridized carbons (Fsp3) is 0.321. The highest BCUT2D eigenvalue weighted by Gasteiger charge is 2.31. The summed E-state index contributed by atoms with van der Waals surface area (Å²) in [4.78, 5) is 65.2. The molecule has 0 bridgehead atoms.